The van der Waals surface area contributed by atoms with Crippen molar-refractivity contribution >= 4 is 26.0 Å². The van der Waals surface area contributed by atoms with Crippen molar-refractivity contribution in [3.8, 4) is 5.75 Å². The molecule has 2 aromatic rings. The van der Waals surface area contributed by atoms with E-state index in [9.17, 15) is 8.42 Å². The van der Waals surface area contributed by atoms with Crippen LogP contribution in [0.25, 0.3) is 0 Å². The van der Waals surface area contributed by atoms with E-state index in [0.29, 0.717) is 6.54 Å². The van der Waals surface area contributed by atoms with Crippen LogP contribution >= 0.6 is 15.9 Å². The summed E-state index contributed by atoms with van der Waals surface area (Å²) in [7, 11) is -3.13. The lowest BCUT2D eigenvalue weighted by Gasteiger charge is -2.23. The molecular weight excluding hydrogens is 402 g/mol. The van der Waals surface area contributed by atoms with Crippen molar-refractivity contribution < 1.29 is 13.2 Å². The topological polar surface area (TPSA) is 55.4 Å². The summed E-state index contributed by atoms with van der Waals surface area (Å²) in [6.45, 7) is 0.513. The minimum absolute atomic E-state index is 0.0588. The van der Waals surface area contributed by atoms with Gasteiger partial charge in [-0.15, -0.1) is 0 Å². The maximum atomic E-state index is 11.7. The smallest absolute Gasteiger partial charge is 0.212 e. The van der Waals surface area contributed by atoms with E-state index in [1.54, 1.807) is 0 Å². The Morgan fingerprint density at radius 2 is 1.88 bits per heavy atom. The predicted molar refractivity (Wildman–Crippen MR) is 101 cm³/mol. The van der Waals surface area contributed by atoms with E-state index in [4.69, 9.17) is 4.74 Å². The van der Waals surface area contributed by atoms with Gasteiger partial charge in [0.15, 0.2) is 0 Å². The molecule has 2 aliphatic rings. The molecular formula is C19H20BrNO3S. The molecule has 0 bridgehead atoms. The van der Waals surface area contributed by atoms with Crippen molar-refractivity contribution in [3.63, 3.8) is 0 Å². The summed E-state index contributed by atoms with van der Waals surface area (Å²) in [5, 5.41) is 0. The molecule has 1 fully saturated rings. The number of hydrogen-bond donors (Lipinski definition) is 1. The van der Waals surface area contributed by atoms with Gasteiger partial charge in [0, 0.05) is 16.9 Å². The van der Waals surface area contributed by atoms with Gasteiger partial charge in [0.2, 0.25) is 10.0 Å². The zero-order valence-corrected chi connectivity index (χ0v) is 16.1. The van der Waals surface area contributed by atoms with E-state index in [0.717, 1.165) is 35.0 Å². The van der Waals surface area contributed by atoms with Gasteiger partial charge in [-0.05, 0) is 54.2 Å². The first-order chi connectivity index (χ1) is 12.0. The number of halogens is 1. The number of ether oxygens (including phenoxy) is 1. The van der Waals surface area contributed by atoms with Crippen molar-refractivity contribution in [2.75, 3.05) is 12.3 Å². The Hall–Kier alpha value is -1.37. The van der Waals surface area contributed by atoms with E-state index >= 15 is 0 Å². The Morgan fingerprint density at radius 3 is 2.64 bits per heavy atom. The van der Waals surface area contributed by atoms with Crippen LogP contribution in [0.4, 0.5) is 0 Å². The molecule has 1 N–H and O–H groups in total. The standard InChI is InChI=1S/C19H20BrNO3S/c20-18-3-1-2-17-16(18)8-9-19(17)24-15-6-4-13(5-7-15)14-10-11-21-25(22,23)12-14/h1-7,14,19,21H,8-12H2/t14?,19-/m1/s1. The van der Waals surface area contributed by atoms with E-state index in [1.807, 2.05) is 30.3 Å². The SMILES string of the molecule is O=S1(=O)CC(c2ccc(O[C@@H]3CCc4c(Br)cccc43)cc2)CCN1. The number of hydrogen-bond acceptors (Lipinski definition) is 3. The van der Waals surface area contributed by atoms with E-state index in [1.165, 1.54) is 11.1 Å². The van der Waals surface area contributed by atoms with Crippen molar-refractivity contribution in [1.29, 1.82) is 0 Å². The van der Waals surface area contributed by atoms with Gasteiger partial charge in [-0.2, -0.15) is 0 Å². The largest absolute Gasteiger partial charge is 0.486 e. The van der Waals surface area contributed by atoms with Crippen LogP contribution in [-0.2, 0) is 16.4 Å². The molecule has 132 valence electrons. The zero-order valence-electron chi connectivity index (χ0n) is 13.7. The predicted octanol–water partition coefficient (Wildman–Crippen LogP) is 3.92. The second-order valence-corrected chi connectivity index (χ2v) is 9.39. The molecule has 1 aliphatic heterocycles. The number of nitrogens with one attached hydrogen (secondary N) is 1. The highest BCUT2D eigenvalue weighted by Crippen LogP contribution is 2.38. The van der Waals surface area contributed by atoms with Gasteiger partial charge < -0.3 is 4.74 Å². The van der Waals surface area contributed by atoms with Gasteiger partial charge in [0.05, 0.1) is 5.75 Å². The first-order valence-corrected chi connectivity index (χ1v) is 11.0. The molecule has 1 aliphatic carbocycles. The molecule has 4 nitrogen and oxygen atoms in total. The Kier molecular flexibility index (Phi) is 4.60. The third-order valence-electron chi connectivity index (χ3n) is 5.02. The van der Waals surface area contributed by atoms with Crippen molar-refractivity contribution in [3.05, 3.63) is 63.6 Å². The second-order valence-electron chi connectivity index (χ2n) is 6.68. The maximum absolute atomic E-state index is 11.7. The van der Waals surface area contributed by atoms with Crippen molar-refractivity contribution in [1.82, 2.24) is 4.72 Å². The van der Waals surface area contributed by atoms with Crippen LogP contribution in [0.3, 0.4) is 0 Å². The maximum Gasteiger partial charge on any atom is 0.212 e. The summed E-state index contributed by atoms with van der Waals surface area (Å²) < 4.78 is 33.4. The van der Waals surface area contributed by atoms with Gasteiger partial charge in [0.1, 0.15) is 11.9 Å². The van der Waals surface area contributed by atoms with Crippen molar-refractivity contribution in [2.24, 2.45) is 0 Å². The highest BCUT2D eigenvalue weighted by molar-refractivity contribution is 9.10. The first-order valence-electron chi connectivity index (χ1n) is 8.53. The molecule has 2 aromatic carbocycles. The summed E-state index contributed by atoms with van der Waals surface area (Å²) >= 11 is 3.61. The van der Waals surface area contributed by atoms with Crippen LogP contribution in [0.1, 0.15) is 41.6 Å². The Morgan fingerprint density at radius 1 is 1.08 bits per heavy atom. The van der Waals surface area contributed by atoms with E-state index in [-0.39, 0.29) is 17.8 Å². The van der Waals surface area contributed by atoms with Crippen LogP contribution in [0.5, 0.6) is 5.75 Å². The highest BCUT2D eigenvalue weighted by atomic mass is 79.9. The molecule has 2 atom stereocenters. The minimum atomic E-state index is -3.13. The molecule has 0 aromatic heterocycles. The van der Waals surface area contributed by atoms with E-state index < -0.39 is 10.0 Å². The molecule has 0 saturated carbocycles. The van der Waals surface area contributed by atoms with Crippen molar-refractivity contribution in [2.45, 2.75) is 31.3 Å². The summed E-state index contributed by atoms with van der Waals surface area (Å²) in [6, 6.07) is 14.2. The minimum Gasteiger partial charge on any atom is -0.486 e. The van der Waals surface area contributed by atoms with Gasteiger partial charge in [-0.3, -0.25) is 0 Å². The number of fused-ring (bicyclic) bond motifs is 1. The van der Waals surface area contributed by atoms with Gasteiger partial charge in [0.25, 0.3) is 0 Å². The Balaban J connectivity index is 1.48. The average molecular weight is 422 g/mol. The summed E-state index contributed by atoms with van der Waals surface area (Å²) in [6.07, 6.45) is 2.92. The summed E-state index contributed by atoms with van der Waals surface area (Å²) in [5.41, 5.74) is 3.65. The van der Waals surface area contributed by atoms with Crippen LogP contribution in [0.2, 0.25) is 0 Å². The third kappa shape index (κ3) is 3.61. The van der Waals surface area contributed by atoms with Crippen LogP contribution in [0.15, 0.2) is 46.9 Å². The lowest BCUT2D eigenvalue weighted by molar-refractivity contribution is 0.207. The fraction of sp³-hybridized carbons (Fsp3) is 0.368. The molecule has 6 heteroatoms. The molecule has 0 spiro atoms. The quantitative estimate of drug-likeness (QED) is 0.816. The van der Waals surface area contributed by atoms with Gasteiger partial charge in [-0.1, -0.05) is 40.2 Å². The number of benzene rings is 2. The molecule has 25 heavy (non-hydrogen) atoms. The molecule has 1 saturated heterocycles. The Bertz CT molecular complexity index is 880. The summed E-state index contributed by atoms with van der Waals surface area (Å²) in [4.78, 5) is 0. The molecule has 0 radical (unpaired) electrons. The normalized spacial score (nSPS) is 24.7. The Labute approximate surface area is 156 Å². The second kappa shape index (κ2) is 6.74. The zero-order chi connectivity index (χ0) is 17.4. The number of rotatable bonds is 3. The summed E-state index contributed by atoms with van der Waals surface area (Å²) in [5.74, 6) is 1.05. The van der Waals surface area contributed by atoms with Gasteiger partial charge in [-0.25, -0.2) is 13.1 Å². The monoisotopic (exact) mass is 421 g/mol. The highest BCUT2D eigenvalue weighted by Gasteiger charge is 2.27. The molecule has 0 amide bonds. The lowest BCUT2D eigenvalue weighted by atomic mass is 9.97. The number of sulfonamides is 1. The van der Waals surface area contributed by atoms with Crippen LogP contribution in [0, 0.1) is 0 Å². The third-order valence-corrected chi connectivity index (χ3v) is 7.25. The lowest BCUT2D eigenvalue weighted by Crippen LogP contribution is -2.36. The average Bonchev–Trinajstić information content (AvgIpc) is 2.99. The van der Waals surface area contributed by atoms with E-state index in [2.05, 4.69) is 32.8 Å². The molecule has 4 rings (SSSR count). The molecule has 1 unspecified atom stereocenters. The fourth-order valence-electron chi connectivity index (χ4n) is 3.74. The fourth-order valence-corrected chi connectivity index (χ4v) is 5.75. The van der Waals surface area contributed by atoms with Gasteiger partial charge >= 0.3 is 0 Å². The van der Waals surface area contributed by atoms with Crippen LogP contribution in [-0.4, -0.2) is 20.7 Å². The first kappa shape index (κ1) is 17.1. The molecule has 1 heterocycles. The van der Waals surface area contributed by atoms with Crippen LogP contribution < -0.4 is 9.46 Å².